The van der Waals surface area contributed by atoms with Crippen LogP contribution in [0.3, 0.4) is 0 Å². The van der Waals surface area contributed by atoms with Gasteiger partial charge in [-0.25, -0.2) is 0 Å². The lowest BCUT2D eigenvalue weighted by Crippen LogP contribution is -2.28. The van der Waals surface area contributed by atoms with Gasteiger partial charge >= 0.3 is 0 Å². The molecule has 2 heterocycles. The van der Waals surface area contributed by atoms with E-state index in [4.69, 9.17) is 9.84 Å². The number of unbranched alkanes of at least 4 members (excludes halogenated alkanes) is 2. The Morgan fingerprint density at radius 1 is 0.960 bits per heavy atom. The molecule has 3 fully saturated rings. The molecule has 0 aromatic heterocycles. The number of hydrogen-bond donors (Lipinski definition) is 2. The molecule has 0 spiro atoms. The average Bonchev–Trinajstić information content (AvgIpc) is 3.34. The molecule has 25 heavy (non-hydrogen) atoms. The summed E-state index contributed by atoms with van der Waals surface area (Å²) < 4.78 is 6.21. The van der Waals surface area contributed by atoms with Crippen LogP contribution in [0, 0.1) is 17.8 Å². The summed E-state index contributed by atoms with van der Waals surface area (Å²) in [6, 6.07) is 0. The second-order valence-corrected chi connectivity index (χ2v) is 8.66. The van der Waals surface area contributed by atoms with Crippen LogP contribution in [-0.2, 0) is 4.74 Å². The van der Waals surface area contributed by atoms with Crippen LogP contribution in [0.15, 0.2) is 12.2 Å². The molecule has 1 unspecified atom stereocenters. The van der Waals surface area contributed by atoms with Crippen molar-refractivity contribution in [1.82, 2.24) is 0 Å². The van der Waals surface area contributed by atoms with Crippen molar-refractivity contribution in [3.8, 4) is 0 Å². The minimum Gasteiger partial charge on any atom is -0.396 e. The van der Waals surface area contributed by atoms with Crippen LogP contribution < -0.4 is 0 Å². The highest BCUT2D eigenvalue weighted by Crippen LogP contribution is 2.47. The van der Waals surface area contributed by atoms with Gasteiger partial charge in [0.05, 0.1) is 18.3 Å². The molecule has 2 aliphatic heterocycles. The van der Waals surface area contributed by atoms with E-state index in [9.17, 15) is 5.11 Å². The summed E-state index contributed by atoms with van der Waals surface area (Å²) in [5, 5.41) is 19.3. The van der Waals surface area contributed by atoms with Crippen LogP contribution >= 0.6 is 0 Å². The SMILES string of the molecule is OCCCC/C=C\C[C@H]1[C@@H](CCC(O)CC2CCCC2)[C@H]2CC[C@@H]1O2. The van der Waals surface area contributed by atoms with Crippen LogP contribution in [0.25, 0.3) is 0 Å². The molecule has 144 valence electrons. The van der Waals surface area contributed by atoms with Crippen LogP contribution in [-0.4, -0.2) is 35.1 Å². The van der Waals surface area contributed by atoms with Crippen LogP contribution in [0.4, 0.5) is 0 Å². The fourth-order valence-corrected chi connectivity index (χ4v) is 5.48. The Hall–Kier alpha value is -0.380. The highest BCUT2D eigenvalue weighted by molar-refractivity contribution is 4.99. The number of aliphatic hydroxyl groups excluding tert-OH is 2. The molecule has 1 aliphatic carbocycles. The Morgan fingerprint density at radius 3 is 2.48 bits per heavy atom. The van der Waals surface area contributed by atoms with Crippen molar-refractivity contribution >= 4 is 0 Å². The third-order valence-electron chi connectivity index (χ3n) is 6.86. The number of aliphatic hydroxyl groups is 2. The predicted octanol–water partition coefficient (Wildman–Crippen LogP) is 4.61. The number of hydrogen-bond acceptors (Lipinski definition) is 3. The summed E-state index contributed by atoms with van der Waals surface area (Å²) in [5.74, 6) is 2.09. The van der Waals surface area contributed by atoms with Gasteiger partial charge in [-0.15, -0.1) is 0 Å². The fourth-order valence-electron chi connectivity index (χ4n) is 5.48. The lowest BCUT2D eigenvalue weighted by atomic mass is 9.74. The lowest BCUT2D eigenvalue weighted by molar-refractivity contribution is 0.0817. The third kappa shape index (κ3) is 5.55. The summed E-state index contributed by atoms with van der Waals surface area (Å²) in [7, 11) is 0. The summed E-state index contributed by atoms with van der Waals surface area (Å²) in [4.78, 5) is 0. The van der Waals surface area contributed by atoms with Crippen molar-refractivity contribution in [2.24, 2.45) is 17.8 Å². The van der Waals surface area contributed by atoms with E-state index in [0.717, 1.165) is 50.9 Å². The standard InChI is InChI=1S/C22H38O3/c23-15-7-3-1-2-4-10-19-20(22-14-13-21(19)25-22)12-11-18(24)16-17-8-5-6-9-17/h2,4,17-24H,1,3,5-16H2/b4-2-/t18?,19-,20+,21-,22+/m0/s1. The van der Waals surface area contributed by atoms with Crippen molar-refractivity contribution in [2.45, 2.75) is 102 Å². The molecule has 0 amide bonds. The van der Waals surface area contributed by atoms with Gasteiger partial charge in [0.1, 0.15) is 0 Å². The fraction of sp³-hybridized carbons (Fsp3) is 0.909. The molecule has 0 radical (unpaired) electrons. The van der Waals surface area contributed by atoms with Gasteiger partial charge < -0.3 is 14.9 Å². The highest BCUT2D eigenvalue weighted by atomic mass is 16.5. The largest absolute Gasteiger partial charge is 0.396 e. The monoisotopic (exact) mass is 350 g/mol. The van der Waals surface area contributed by atoms with Gasteiger partial charge in [-0.1, -0.05) is 37.8 Å². The van der Waals surface area contributed by atoms with Gasteiger partial charge in [-0.2, -0.15) is 0 Å². The Morgan fingerprint density at radius 2 is 1.72 bits per heavy atom. The molecule has 3 nitrogen and oxygen atoms in total. The van der Waals surface area contributed by atoms with E-state index < -0.39 is 0 Å². The van der Waals surface area contributed by atoms with Crippen molar-refractivity contribution in [3.63, 3.8) is 0 Å². The first kappa shape index (κ1) is 19.4. The van der Waals surface area contributed by atoms with Crippen LogP contribution in [0.5, 0.6) is 0 Å². The maximum atomic E-state index is 10.4. The van der Waals surface area contributed by atoms with Gasteiger partial charge in [0.2, 0.25) is 0 Å². The van der Waals surface area contributed by atoms with E-state index in [1.807, 2.05) is 0 Å². The van der Waals surface area contributed by atoms with E-state index in [1.54, 1.807) is 0 Å². The molecular weight excluding hydrogens is 312 g/mol. The van der Waals surface area contributed by atoms with Crippen LogP contribution in [0.1, 0.15) is 83.5 Å². The maximum absolute atomic E-state index is 10.4. The predicted molar refractivity (Wildman–Crippen MR) is 101 cm³/mol. The molecule has 2 saturated heterocycles. The smallest absolute Gasteiger partial charge is 0.0614 e. The van der Waals surface area contributed by atoms with Crippen LogP contribution in [0.2, 0.25) is 0 Å². The van der Waals surface area contributed by atoms with E-state index in [0.29, 0.717) is 30.7 Å². The number of ether oxygens (including phenoxy) is 1. The van der Waals surface area contributed by atoms with E-state index in [-0.39, 0.29) is 6.10 Å². The number of fused-ring (bicyclic) bond motifs is 2. The quantitative estimate of drug-likeness (QED) is 0.422. The Kier molecular flexibility index (Phi) is 7.82. The zero-order chi connectivity index (χ0) is 17.5. The molecule has 1 saturated carbocycles. The molecule has 5 atom stereocenters. The summed E-state index contributed by atoms with van der Waals surface area (Å²) in [6.45, 7) is 0.305. The number of allylic oxidation sites excluding steroid dienone is 2. The first-order valence-corrected chi connectivity index (χ1v) is 10.9. The van der Waals surface area contributed by atoms with Crippen molar-refractivity contribution in [3.05, 3.63) is 12.2 Å². The third-order valence-corrected chi connectivity index (χ3v) is 6.86. The summed E-state index contributed by atoms with van der Waals surface area (Å²) in [5.41, 5.74) is 0. The molecule has 2 N–H and O–H groups in total. The Balaban J connectivity index is 1.40. The van der Waals surface area contributed by atoms with Crippen molar-refractivity contribution < 1.29 is 14.9 Å². The van der Waals surface area contributed by atoms with E-state index >= 15 is 0 Å². The molecule has 3 heteroatoms. The summed E-state index contributed by atoms with van der Waals surface area (Å²) >= 11 is 0. The maximum Gasteiger partial charge on any atom is 0.0614 e. The van der Waals surface area contributed by atoms with E-state index in [1.165, 1.54) is 38.5 Å². The molecule has 2 bridgehead atoms. The number of rotatable bonds is 11. The topological polar surface area (TPSA) is 49.7 Å². The summed E-state index contributed by atoms with van der Waals surface area (Å²) in [6.07, 6.45) is 20.6. The van der Waals surface area contributed by atoms with Gasteiger partial charge in [-0.05, 0) is 75.5 Å². The van der Waals surface area contributed by atoms with Gasteiger partial charge in [0.15, 0.2) is 0 Å². The van der Waals surface area contributed by atoms with Crippen molar-refractivity contribution in [2.75, 3.05) is 6.61 Å². The van der Waals surface area contributed by atoms with E-state index in [2.05, 4.69) is 12.2 Å². The normalized spacial score (nSPS) is 33.7. The van der Waals surface area contributed by atoms with Gasteiger partial charge in [0.25, 0.3) is 0 Å². The zero-order valence-electron chi connectivity index (χ0n) is 15.8. The molecular formula is C22H38O3. The molecule has 0 aromatic rings. The first-order valence-electron chi connectivity index (χ1n) is 10.9. The second kappa shape index (κ2) is 10.1. The average molecular weight is 351 g/mol. The highest BCUT2D eigenvalue weighted by Gasteiger charge is 2.47. The van der Waals surface area contributed by atoms with Gasteiger partial charge in [-0.3, -0.25) is 0 Å². The Bertz CT molecular complexity index is 402. The second-order valence-electron chi connectivity index (χ2n) is 8.66. The minimum atomic E-state index is -0.100. The minimum absolute atomic E-state index is 0.100. The van der Waals surface area contributed by atoms with Crippen molar-refractivity contribution in [1.29, 1.82) is 0 Å². The molecule has 0 aromatic carbocycles. The first-order chi connectivity index (χ1) is 12.3. The van der Waals surface area contributed by atoms with Gasteiger partial charge in [0, 0.05) is 6.61 Å². The molecule has 3 aliphatic rings. The lowest BCUT2D eigenvalue weighted by Gasteiger charge is -2.28. The zero-order valence-corrected chi connectivity index (χ0v) is 15.8. The molecule has 3 rings (SSSR count). The Labute approximate surface area is 153 Å².